The lowest BCUT2D eigenvalue weighted by Crippen LogP contribution is -2.57. The number of anilines is 1. The van der Waals surface area contributed by atoms with E-state index >= 15 is 0 Å². The number of nitriles is 1. The number of carbonyl (C=O) groups excluding carboxylic acids is 3. The van der Waals surface area contributed by atoms with Crippen molar-refractivity contribution in [2.75, 3.05) is 11.1 Å². The Labute approximate surface area is 245 Å². The molecule has 0 spiro atoms. The summed E-state index contributed by atoms with van der Waals surface area (Å²) < 4.78 is 65.7. The summed E-state index contributed by atoms with van der Waals surface area (Å²) >= 11 is 1.05. The summed E-state index contributed by atoms with van der Waals surface area (Å²) in [6, 6.07) is 9.48. The highest BCUT2D eigenvalue weighted by Gasteiger charge is 2.70. The molecule has 1 saturated heterocycles. The minimum absolute atomic E-state index is 0.0986. The standard InChI is InChI=1S/C30H32F4N2O5S/c1-7-14-29(27(4,5)26(2,3)24(38)41-29)25(39)40-28(6,17-42-21-12-9-19(31)10-13-21)23(37)36-20-11-8-18(16-35)22(15-20)30(32,33)34/h8-13,15H,7,14,17H2,1-6H3,(H,36,37). The largest absolute Gasteiger partial charge is 0.446 e. The summed E-state index contributed by atoms with van der Waals surface area (Å²) in [4.78, 5) is 41.1. The maximum Gasteiger partial charge on any atom is 0.417 e. The van der Waals surface area contributed by atoms with Gasteiger partial charge in [-0.1, -0.05) is 27.2 Å². The molecule has 3 rings (SSSR count). The number of alkyl halides is 3. The number of carbonyl (C=O) groups is 3. The molecule has 1 N–H and O–H groups in total. The second-order valence-electron chi connectivity index (χ2n) is 11.4. The first-order valence-electron chi connectivity index (χ1n) is 13.1. The van der Waals surface area contributed by atoms with E-state index in [9.17, 15) is 31.9 Å². The Hall–Kier alpha value is -3.59. The summed E-state index contributed by atoms with van der Waals surface area (Å²) in [7, 11) is 0. The van der Waals surface area contributed by atoms with Crippen LogP contribution in [-0.2, 0) is 30.0 Å². The number of rotatable bonds is 9. The highest BCUT2D eigenvalue weighted by Crippen LogP contribution is 2.57. The predicted octanol–water partition coefficient (Wildman–Crippen LogP) is 6.90. The van der Waals surface area contributed by atoms with Crippen LogP contribution < -0.4 is 5.32 Å². The van der Waals surface area contributed by atoms with Gasteiger partial charge in [-0.05, 0) is 69.7 Å². The molecule has 1 heterocycles. The van der Waals surface area contributed by atoms with E-state index in [-0.39, 0.29) is 17.9 Å². The highest BCUT2D eigenvalue weighted by atomic mass is 32.2. The lowest BCUT2D eigenvalue weighted by Gasteiger charge is -2.42. The molecule has 0 saturated carbocycles. The monoisotopic (exact) mass is 608 g/mol. The van der Waals surface area contributed by atoms with Crippen molar-refractivity contribution in [3.8, 4) is 6.07 Å². The molecule has 1 fully saturated rings. The van der Waals surface area contributed by atoms with Gasteiger partial charge in [-0.2, -0.15) is 18.4 Å². The van der Waals surface area contributed by atoms with Gasteiger partial charge < -0.3 is 14.8 Å². The number of benzene rings is 2. The lowest BCUT2D eigenvalue weighted by molar-refractivity contribution is -0.194. The second-order valence-corrected chi connectivity index (χ2v) is 12.5. The van der Waals surface area contributed by atoms with Crippen LogP contribution in [0.15, 0.2) is 47.4 Å². The van der Waals surface area contributed by atoms with Gasteiger partial charge in [0, 0.05) is 21.8 Å². The van der Waals surface area contributed by atoms with Gasteiger partial charge in [0.05, 0.1) is 22.6 Å². The zero-order chi connectivity index (χ0) is 31.7. The number of thioether (sulfide) groups is 1. The molecule has 1 amide bonds. The van der Waals surface area contributed by atoms with Crippen molar-refractivity contribution in [2.45, 2.75) is 76.7 Å². The minimum atomic E-state index is -4.86. The number of halogens is 4. The molecule has 2 aromatic rings. The molecule has 0 radical (unpaired) electrons. The molecule has 42 heavy (non-hydrogen) atoms. The van der Waals surface area contributed by atoms with Crippen molar-refractivity contribution in [3.05, 3.63) is 59.4 Å². The molecule has 2 aromatic carbocycles. The van der Waals surface area contributed by atoms with E-state index in [0.29, 0.717) is 17.4 Å². The van der Waals surface area contributed by atoms with E-state index in [2.05, 4.69) is 5.32 Å². The van der Waals surface area contributed by atoms with Gasteiger partial charge in [-0.3, -0.25) is 9.59 Å². The molecule has 1 aliphatic rings. The van der Waals surface area contributed by atoms with E-state index in [1.807, 2.05) is 0 Å². The van der Waals surface area contributed by atoms with Crippen LogP contribution in [0.4, 0.5) is 23.2 Å². The summed E-state index contributed by atoms with van der Waals surface area (Å²) in [5, 5.41) is 11.5. The van der Waals surface area contributed by atoms with Crippen molar-refractivity contribution in [2.24, 2.45) is 10.8 Å². The normalized spacial score (nSPS) is 20.6. The fourth-order valence-electron chi connectivity index (χ4n) is 4.69. The van der Waals surface area contributed by atoms with Crippen LogP contribution in [0.3, 0.4) is 0 Å². The van der Waals surface area contributed by atoms with Crippen LogP contribution in [0.1, 0.15) is 65.5 Å². The number of amides is 1. The fraction of sp³-hybridized carbons (Fsp3) is 0.467. The molecule has 7 nitrogen and oxygen atoms in total. The number of cyclic esters (lactones) is 1. The number of nitrogens with one attached hydrogen (secondary N) is 1. The molecule has 12 heteroatoms. The first-order valence-corrected chi connectivity index (χ1v) is 14.1. The van der Waals surface area contributed by atoms with E-state index < -0.39 is 63.0 Å². The van der Waals surface area contributed by atoms with Gasteiger partial charge in [-0.15, -0.1) is 11.8 Å². The average molecular weight is 609 g/mol. The number of esters is 2. The Balaban J connectivity index is 2.02. The lowest BCUT2D eigenvalue weighted by atomic mass is 9.60. The van der Waals surface area contributed by atoms with Crippen LogP contribution in [-0.4, -0.2) is 34.8 Å². The smallest absolute Gasteiger partial charge is 0.417 e. The topological polar surface area (TPSA) is 105 Å². The van der Waals surface area contributed by atoms with E-state index in [1.165, 1.54) is 37.3 Å². The summed E-state index contributed by atoms with van der Waals surface area (Å²) in [6.45, 7) is 9.80. The molecular weight excluding hydrogens is 576 g/mol. The third kappa shape index (κ3) is 5.98. The quantitative estimate of drug-likeness (QED) is 0.188. The van der Waals surface area contributed by atoms with Gasteiger partial charge in [0.1, 0.15) is 5.82 Å². The molecule has 0 bridgehead atoms. The van der Waals surface area contributed by atoms with Crippen molar-refractivity contribution in [1.29, 1.82) is 5.26 Å². The van der Waals surface area contributed by atoms with Gasteiger partial charge in [0.25, 0.3) is 5.91 Å². The Morgan fingerprint density at radius 2 is 1.71 bits per heavy atom. The van der Waals surface area contributed by atoms with Crippen LogP contribution >= 0.6 is 11.8 Å². The van der Waals surface area contributed by atoms with E-state index in [0.717, 1.165) is 23.9 Å². The number of hydrogen-bond acceptors (Lipinski definition) is 7. The zero-order valence-electron chi connectivity index (χ0n) is 24.1. The second kappa shape index (κ2) is 11.6. The SMILES string of the molecule is CCCC1(C(=O)OC(C)(CSc2ccc(F)cc2)C(=O)Nc2ccc(C#N)c(C(F)(F)F)c2)OC(=O)C(C)(C)C1(C)C. The Kier molecular flexibility index (Phi) is 9.09. The molecule has 0 aliphatic carbocycles. The van der Waals surface area contributed by atoms with Crippen LogP contribution in [0, 0.1) is 28.0 Å². The van der Waals surface area contributed by atoms with E-state index in [1.54, 1.807) is 34.6 Å². The molecule has 2 atom stereocenters. The average Bonchev–Trinajstić information content (AvgIpc) is 3.04. The molecule has 1 aliphatic heterocycles. The van der Waals surface area contributed by atoms with Crippen molar-refractivity contribution < 1.29 is 41.4 Å². The first kappa shape index (κ1) is 32.9. The van der Waals surface area contributed by atoms with Crippen LogP contribution in [0.25, 0.3) is 0 Å². The van der Waals surface area contributed by atoms with Gasteiger partial charge in [0.2, 0.25) is 5.60 Å². The summed E-state index contributed by atoms with van der Waals surface area (Å²) in [5.41, 5.74) is -8.06. The Morgan fingerprint density at radius 3 is 2.21 bits per heavy atom. The van der Waals surface area contributed by atoms with Crippen molar-refractivity contribution in [3.63, 3.8) is 0 Å². The minimum Gasteiger partial charge on any atom is -0.446 e. The van der Waals surface area contributed by atoms with E-state index in [4.69, 9.17) is 14.7 Å². The summed E-state index contributed by atoms with van der Waals surface area (Å²) in [5.74, 6) is -3.25. The Morgan fingerprint density at radius 1 is 1.10 bits per heavy atom. The molecular formula is C30H32F4N2O5S. The zero-order valence-corrected chi connectivity index (χ0v) is 24.9. The maximum absolute atomic E-state index is 14.0. The maximum atomic E-state index is 14.0. The molecule has 226 valence electrons. The third-order valence-electron chi connectivity index (χ3n) is 8.11. The fourth-order valence-corrected chi connectivity index (χ4v) is 5.65. The molecule has 0 aromatic heterocycles. The first-order chi connectivity index (χ1) is 19.3. The van der Waals surface area contributed by atoms with Gasteiger partial charge in [-0.25, -0.2) is 9.18 Å². The van der Waals surface area contributed by atoms with Gasteiger partial charge in [0.15, 0.2) is 5.60 Å². The highest BCUT2D eigenvalue weighted by molar-refractivity contribution is 7.99. The van der Waals surface area contributed by atoms with Crippen LogP contribution in [0.2, 0.25) is 0 Å². The number of nitrogens with zero attached hydrogens (tertiary/aromatic N) is 1. The van der Waals surface area contributed by atoms with Crippen molar-refractivity contribution in [1.82, 2.24) is 0 Å². The summed E-state index contributed by atoms with van der Waals surface area (Å²) in [6.07, 6.45) is -4.33. The number of ether oxygens (including phenoxy) is 2. The predicted molar refractivity (Wildman–Crippen MR) is 148 cm³/mol. The Bertz CT molecular complexity index is 1420. The van der Waals surface area contributed by atoms with Crippen molar-refractivity contribution >= 4 is 35.3 Å². The van der Waals surface area contributed by atoms with Gasteiger partial charge >= 0.3 is 18.1 Å². The third-order valence-corrected chi connectivity index (χ3v) is 9.41. The van der Waals surface area contributed by atoms with Crippen LogP contribution in [0.5, 0.6) is 0 Å². The number of hydrogen-bond donors (Lipinski definition) is 1. The molecule has 2 unspecified atom stereocenters.